The van der Waals surface area contributed by atoms with Crippen LogP contribution in [0.1, 0.15) is 30.1 Å². The number of methoxy groups -OCH3 is 1. The van der Waals surface area contributed by atoms with Crippen LogP contribution < -0.4 is 4.74 Å². The number of nitrogens with zero attached hydrogens (tertiary/aromatic N) is 1. The molecule has 0 N–H and O–H groups in total. The average molecular weight is 249 g/mol. The van der Waals surface area contributed by atoms with Gasteiger partial charge in [0.25, 0.3) is 0 Å². The van der Waals surface area contributed by atoms with Gasteiger partial charge in [0.05, 0.1) is 7.11 Å². The highest BCUT2D eigenvalue weighted by Crippen LogP contribution is 2.17. The minimum absolute atomic E-state index is 0.0818. The lowest BCUT2D eigenvalue weighted by atomic mass is 9.95. The van der Waals surface area contributed by atoms with Gasteiger partial charge in [-0.1, -0.05) is 6.92 Å². The second kappa shape index (κ2) is 7.17. The first kappa shape index (κ1) is 14.7. The number of ether oxygens (including phenoxy) is 1. The summed E-state index contributed by atoms with van der Waals surface area (Å²) >= 11 is 0. The normalized spacial score (nSPS) is 12.5. The van der Waals surface area contributed by atoms with Crippen molar-refractivity contribution in [2.24, 2.45) is 5.92 Å². The Hall–Kier alpha value is -1.35. The zero-order valence-electron chi connectivity index (χ0n) is 11.8. The highest BCUT2D eigenvalue weighted by Gasteiger charge is 2.14. The first-order valence-electron chi connectivity index (χ1n) is 6.37. The van der Waals surface area contributed by atoms with Crippen molar-refractivity contribution >= 4 is 5.78 Å². The van der Waals surface area contributed by atoms with E-state index in [1.807, 2.05) is 31.2 Å². The van der Waals surface area contributed by atoms with Gasteiger partial charge in [0.15, 0.2) is 5.78 Å². The maximum absolute atomic E-state index is 12.2. The van der Waals surface area contributed by atoms with Crippen LogP contribution in [0, 0.1) is 5.92 Å². The molecule has 1 rings (SSSR count). The molecular formula is C15H23NO2. The molecular weight excluding hydrogens is 226 g/mol. The van der Waals surface area contributed by atoms with Crippen molar-refractivity contribution in [2.75, 3.05) is 27.7 Å². The Morgan fingerprint density at radius 2 is 1.89 bits per heavy atom. The third-order valence-corrected chi connectivity index (χ3v) is 3.06. The molecule has 0 heterocycles. The molecule has 0 aliphatic rings. The maximum Gasteiger partial charge on any atom is 0.165 e. The Morgan fingerprint density at radius 1 is 1.28 bits per heavy atom. The Labute approximate surface area is 110 Å². The van der Waals surface area contributed by atoms with Gasteiger partial charge in [0, 0.05) is 11.5 Å². The summed E-state index contributed by atoms with van der Waals surface area (Å²) in [6.45, 7) is 3.03. The lowest BCUT2D eigenvalue weighted by Crippen LogP contribution is -2.16. The number of hydrogen-bond donors (Lipinski definition) is 0. The van der Waals surface area contributed by atoms with E-state index in [1.54, 1.807) is 7.11 Å². The molecule has 3 nitrogen and oxygen atoms in total. The first-order chi connectivity index (χ1) is 8.54. The van der Waals surface area contributed by atoms with E-state index in [0.717, 1.165) is 30.7 Å². The molecule has 1 aromatic rings. The van der Waals surface area contributed by atoms with E-state index in [1.165, 1.54) is 0 Å². The van der Waals surface area contributed by atoms with Crippen molar-refractivity contribution in [1.29, 1.82) is 0 Å². The van der Waals surface area contributed by atoms with Crippen molar-refractivity contribution in [3.63, 3.8) is 0 Å². The summed E-state index contributed by atoms with van der Waals surface area (Å²) in [6, 6.07) is 7.34. The molecule has 0 aliphatic carbocycles. The molecule has 3 heteroatoms. The lowest BCUT2D eigenvalue weighted by molar-refractivity contribution is 0.0921. The van der Waals surface area contributed by atoms with Crippen LogP contribution in [0.25, 0.3) is 0 Å². The molecule has 0 saturated heterocycles. The number of Topliss-reactive ketones (excluding diaryl/α,β-unsaturated/α-hetero) is 1. The summed E-state index contributed by atoms with van der Waals surface area (Å²) in [4.78, 5) is 14.3. The first-order valence-corrected chi connectivity index (χ1v) is 6.37. The van der Waals surface area contributed by atoms with Crippen LogP contribution >= 0.6 is 0 Å². The van der Waals surface area contributed by atoms with Crippen molar-refractivity contribution in [2.45, 2.75) is 19.8 Å². The molecule has 0 aromatic heterocycles. The third kappa shape index (κ3) is 4.49. The molecule has 100 valence electrons. The Balaban J connectivity index is 2.51. The summed E-state index contributed by atoms with van der Waals surface area (Å²) in [5.74, 6) is 1.08. The number of carbonyl (C=O) groups excluding carboxylic acids is 1. The number of benzene rings is 1. The fourth-order valence-electron chi connectivity index (χ4n) is 1.88. The van der Waals surface area contributed by atoms with Crippen LogP contribution in [-0.2, 0) is 0 Å². The SMILES string of the molecule is COc1ccc(C(=O)C(C)CCCN(C)C)cc1. The van der Waals surface area contributed by atoms with Crippen LogP contribution in [0.3, 0.4) is 0 Å². The molecule has 1 unspecified atom stereocenters. The van der Waals surface area contributed by atoms with Crippen LogP contribution in [0.15, 0.2) is 24.3 Å². The molecule has 18 heavy (non-hydrogen) atoms. The van der Waals surface area contributed by atoms with E-state index in [2.05, 4.69) is 19.0 Å². The van der Waals surface area contributed by atoms with Gasteiger partial charge in [-0.25, -0.2) is 0 Å². The molecule has 1 aromatic carbocycles. The fourth-order valence-corrected chi connectivity index (χ4v) is 1.88. The summed E-state index contributed by atoms with van der Waals surface area (Å²) in [5.41, 5.74) is 0.771. The quantitative estimate of drug-likeness (QED) is 0.696. The predicted molar refractivity (Wildman–Crippen MR) is 74.3 cm³/mol. The molecule has 0 bridgehead atoms. The van der Waals surface area contributed by atoms with Gasteiger partial charge in [0.2, 0.25) is 0 Å². The summed E-state index contributed by atoms with van der Waals surface area (Å²) < 4.78 is 5.08. The van der Waals surface area contributed by atoms with E-state index in [-0.39, 0.29) is 11.7 Å². The van der Waals surface area contributed by atoms with Gasteiger partial charge in [0.1, 0.15) is 5.75 Å². The van der Waals surface area contributed by atoms with Gasteiger partial charge in [-0.05, 0) is 57.7 Å². The Bertz CT molecular complexity index is 371. The molecule has 0 fully saturated rings. The number of hydrogen-bond acceptors (Lipinski definition) is 3. The second-order valence-electron chi connectivity index (χ2n) is 4.94. The van der Waals surface area contributed by atoms with Crippen molar-refractivity contribution in [3.05, 3.63) is 29.8 Å². The standard InChI is InChI=1S/C15H23NO2/c1-12(6-5-11-16(2)3)15(17)13-7-9-14(18-4)10-8-13/h7-10,12H,5-6,11H2,1-4H3. The van der Waals surface area contributed by atoms with Crippen molar-refractivity contribution in [1.82, 2.24) is 4.90 Å². The van der Waals surface area contributed by atoms with E-state index < -0.39 is 0 Å². The largest absolute Gasteiger partial charge is 0.497 e. The summed E-state index contributed by atoms with van der Waals surface area (Å²) in [7, 11) is 5.73. The Kier molecular flexibility index (Phi) is 5.86. The molecule has 0 amide bonds. The number of carbonyl (C=O) groups is 1. The predicted octanol–water partition coefficient (Wildman–Crippen LogP) is 2.86. The molecule has 0 saturated carbocycles. The molecule has 0 spiro atoms. The third-order valence-electron chi connectivity index (χ3n) is 3.06. The van der Waals surface area contributed by atoms with Crippen LogP contribution in [0.2, 0.25) is 0 Å². The fraction of sp³-hybridized carbons (Fsp3) is 0.533. The van der Waals surface area contributed by atoms with E-state index in [0.29, 0.717) is 0 Å². The van der Waals surface area contributed by atoms with Gasteiger partial charge in [-0.3, -0.25) is 4.79 Å². The molecule has 0 radical (unpaired) electrons. The van der Waals surface area contributed by atoms with E-state index >= 15 is 0 Å². The minimum Gasteiger partial charge on any atom is -0.497 e. The topological polar surface area (TPSA) is 29.5 Å². The highest BCUT2D eigenvalue weighted by molar-refractivity contribution is 5.97. The average Bonchev–Trinajstić information content (AvgIpc) is 2.37. The number of ketones is 1. The van der Waals surface area contributed by atoms with E-state index in [9.17, 15) is 4.79 Å². The van der Waals surface area contributed by atoms with Gasteiger partial charge >= 0.3 is 0 Å². The second-order valence-corrected chi connectivity index (χ2v) is 4.94. The zero-order chi connectivity index (χ0) is 13.5. The lowest BCUT2D eigenvalue weighted by Gasteiger charge is -2.13. The number of rotatable bonds is 7. The van der Waals surface area contributed by atoms with Crippen LogP contribution in [-0.4, -0.2) is 38.4 Å². The van der Waals surface area contributed by atoms with Crippen LogP contribution in [0.4, 0.5) is 0 Å². The van der Waals surface area contributed by atoms with Crippen LogP contribution in [0.5, 0.6) is 5.75 Å². The smallest absolute Gasteiger partial charge is 0.165 e. The summed E-state index contributed by atoms with van der Waals surface area (Å²) in [6.07, 6.45) is 1.99. The highest BCUT2D eigenvalue weighted by atomic mass is 16.5. The van der Waals surface area contributed by atoms with E-state index in [4.69, 9.17) is 4.74 Å². The monoisotopic (exact) mass is 249 g/mol. The minimum atomic E-state index is 0.0818. The summed E-state index contributed by atoms with van der Waals surface area (Å²) in [5, 5.41) is 0. The van der Waals surface area contributed by atoms with Gasteiger partial charge < -0.3 is 9.64 Å². The van der Waals surface area contributed by atoms with Gasteiger partial charge in [-0.15, -0.1) is 0 Å². The Morgan fingerprint density at radius 3 is 2.39 bits per heavy atom. The molecule has 0 aliphatic heterocycles. The molecule has 1 atom stereocenters. The maximum atomic E-state index is 12.2. The zero-order valence-corrected chi connectivity index (χ0v) is 11.8. The van der Waals surface area contributed by atoms with Crippen molar-refractivity contribution < 1.29 is 9.53 Å². The van der Waals surface area contributed by atoms with Crippen molar-refractivity contribution in [3.8, 4) is 5.75 Å². The van der Waals surface area contributed by atoms with Gasteiger partial charge in [-0.2, -0.15) is 0 Å².